The number of rotatable bonds is 2. The molecule has 1 aromatic carbocycles. The molecule has 101 valence electrons. The average molecular weight is 439 g/mol. The molecule has 0 amide bonds. The van der Waals surface area contributed by atoms with Crippen molar-refractivity contribution in [1.82, 2.24) is 15.0 Å². The molecule has 3 aromatic rings. The van der Waals surface area contributed by atoms with Crippen molar-refractivity contribution in [2.75, 3.05) is 0 Å². The zero-order valence-corrected chi connectivity index (χ0v) is 13.3. The molecule has 0 atom stereocenters. The Bertz CT molecular complexity index is 664. The second-order valence-electron chi connectivity index (χ2n) is 4.29. The summed E-state index contributed by atoms with van der Waals surface area (Å²) in [6.07, 6.45) is 5.41. The minimum atomic E-state index is 0. The molecule has 0 fully saturated rings. The number of nitrogens with zero attached hydrogens (tertiary/aromatic N) is 3. The smallest absolute Gasteiger partial charge is 0.160 e. The van der Waals surface area contributed by atoms with Crippen molar-refractivity contribution < 1.29 is 20.1 Å². The van der Waals surface area contributed by atoms with Crippen molar-refractivity contribution in [2.24, 2.45) is 0 Å². The van der Waals surface area contributed by atoms with Crippen LogP contribution in [-0.2, 0) is 20.1 Å². The Labute approximate surface area is 131 Å². The predicted octanol–water partition coefficient (Wildman–Crippen LogP) is 3.31. The first-order chi connectivity index (χ1) is 9.33. The maximum Gasteiger partial charge on any atom is 0.160 e. The van der Waals surface area contributed by atoms with Gasteiger partial charge in [0.05, 0.1) is 0 Å². The van der Waals surface area contributed by atoms with Gasteiger partial charge < -0.3 is 4.98 Å². The molecule has 0 spiro atoms. The third-order valence-corrected chi connectivity index (χ3v) is 2.79. The molecule has 3 nitrogen and oxygen atoms in total. The van der Waals surface area contributed by atoms with Gasteiger partial charge in [-0.25, -0.2) is 9.97 Å². The summed E-state index contributed by atoms with van der Waals surface area (Å²) in [5, 5.41) is 0. The van der Waals surface area contributed by atoms with Crippen molar-refractivity contribution in [3.63, 3.8) is 0 Å². The van der Waals surface area contributed by atoms with Crippen LogP contribution in [0.3, 0.4) is 0 Å². The molecular weight excluding hydrogens is 426 g/mol. The molecule has 2 heterocycles. The molecule has 0 aliphatic carbocycles. The van der Waals surface area contributed by atoms with E-state index in [4.69, 9.17) is 0 Å². The topological polar surface area (TPSA) is 38.7 Å². The maximum absolute atomic E-state index is 4.44. The second-order valence-corrected chi connectivity index (χ2v) is 4.29. The van der Waals surface area contributed by atoms with E-state index in [-0.39, 0.29) is 20.1 Å². The number of hydrogen-bond donors (Lipinski definition) is 0. The van der Waals surface area contributed by atoms with Gasteiger partial charge in [-0.3, -0.25) is 0 Å². The zero-order valence-electron chi connectivity index (χ0n) is 10.9. The molecule has 0 unspecified atom stereocenters. The van der Waals surface area contributed by atoms with E-state index in [0.29, 0.717) is 5.82 Å². The molecule has 0 saturated heterocycles. The van der Waals surface area contributed by atoms with Gasteiger partial charge in [-0.1, -0.05) is 12.1 Å². The van der Waals surface area contributed by atoms with Crippen molar-refractivity contribution >= 4 is 0 Å². The van der Waals surface area contributed by atoms with Crippen LogP contribution >= 0.6 is 0 Å². The van der Waals surface area contributed by atoms with E-state index in [1.54, 1.807) is 18.6 Å². The molecule has 0 bridgehead atoms. The largest absolute Gasteiger partial charge is 0.304 e. The third kappa shape index (κ3) is 3.16. The quantitative estimate of drug-likeness (QED) is 0.577. The van der Waals surface area contributed by atoms with Gasteiger partial charge in [0, 0.05) is 44.3 Å². The first-order valence-electron chi connectivity index (χ1n) is 6.05. The van der Waals surface area contributed by atoms with E-state index in [9.17, 15) is 0 Å². The van der Waals surface area contributed by atoms with Crippen molar-refractivity contribution in [3.05, 3.63) is 66.6 Å². The minimum absolute atomic E-state index is 0. The summed E-state index contributed by atoms with van der Waals surface area (Å²) in [6.45, 7) is 1.97. The van der Waals surface area contributed by atoms with E-state index in [1.807, 2.05) is 43.3 Å². The van der Waals surface area contributed by atoms with Crippen LogP contribution in [0.25, 0.3) is 22.6 Å². The third-order valence-electron chi connectivity index (χ3n) is 2.79. The molecule has 1 radical (unpaired) electrons. The second kappa shape index (κ2) is 6.51. The Kier molecular flexibility index (Phi) is 4.72. The van der Waals surface area contributed by atoms with Gasteiger partial charge in [-0.15, -0.1) is 35.9 Å². The predicted molar refractivity (Wildman–Crippen MR) is 74.3 cm³/mol. The van der Waals surface area contributed by atoms with Crippen LogP contribution in [0, 0.1) is 13.0 Å². The zero-order chi connectivity index (χ0) is 13.1. The fourth-order valence-electron chi connectivity index (χ4n) is 1.78. The fourth-order valence-corrected chi connectivity index (χ4v) is 1.78. The van der Waals surface area contributed by atoms with Gasteiger partial charge >= 0.3 is 0 Å². The van der Waals surface area contributed by atoms with Gasteiger partial charge in [-0.05, 0) is 18.2 Å². The van der Waals surface area contributed by atoms with Crippen LogP contribution in [0.2, 0.25) is 0 Å². The van der Waals surface area contributed by atoms with Crippen LogP contribution in [-0.4, -0.2) is 15.0 Å². The van der Waals surface area contributed by atoms with E-state index in [0.717, 1.165) is 22.4 Å². The van der Waals surface area contributed by atoms with Crippen LogP contribution in [0.15, 0.2) is 55.0 Å². The van der Waals surface area contributed by atoms with Gasteiger partial charge in [0.2, 0.25) is 0 Å². The Hall–Kier alpha value is -1.90. The summed E-state index contributed by atoms with van der Waals surface area (Å²) in [7, 11) is 0. The molecule has 0 aliphatic rings. The molecule has 4 heteroatoms. The number of aryl methyl sites for hydroxylation is 1. The molecule has 3 rings (SSSR count). The summed E-state index contributed by atoms with van der Waals surface area (Å²) in [5.41, 5.74) is 3.85. The maximum atomic E-state index is 4.44. The average Bonchev–Trinajstić information content (AvgIpc) is 2.49. The molecular formula is C16H12IrN3-. The molecule has 0 N–H and O–H groups in total. The number of pyridine rings is 1. The van der Waals surface area contributed by atoms with Gasteiger partial charge in [0.25, 0.3) is 0 Å². The van der Waals surface area contributed by atoms with Crippen LogP contribution < -0.4 is 0 Å². The van der Waals surface area contributed by atoms with Crippen molar-refractivity contribution in [2.45, 2.75) is 6.92 Å². The summed E-state index contributed by atoms with van der Waals surface area (Å²) in [5.74, 6) is 0.696. The molecule has 2 aromatic heterocycles. The van der Waals surface area contributed by atoms with Crippen LogP contribution in [0.4, 0.5) is 0 Å². The fraction of sp³-hybridized carbons (Fsp3) is 0.0625. The van der Waals surface area contributed by atoms with Crippen molar-refractivity contribution in [3.8, 4) is 22.6 Å². The summed E-state index contributed by atoms with van der Waals surface area (Å²) in [6, 6.07) is 14.9. The Morgan fingerprint density at radius 1 is 0.900 bits per heavy atom. The molecule has 20 heavy (non-hydrogen) atoms. The standard InChI is InChI=1S/C16H12N3.Ir/c1-12-9-18-16(19-10-12)14-7-8-15(17-11-14)13-5-3-2-4-6-13;/h2-5,7-11H,1H3;/q-1;. The summed E-state index contributed by atoms with van der Waals surface area (Å²) < 4.78 is 0. The van der Waals surface area contributed by atoms with Crippen LogP contribution in [0.5, 0.6) is 0 Å². The van der Waals surface area contributed by atoms with Gasteiger partial charge in [0.1, 0.15) is 0 Å². The first-order valence-corrected chi connectivity index (χ1v) is 6.05. The van der Waals surface area contributed by atoms with E-state index in [1.165, 1.54) is 0 Å². The first kappa shape index (κ1) is 14.5. The number of benzene rings is 1. The monoisotopic (exact) mass is 439 g/mol. The Balaban J connectivity index is 0.00000147. The van der Waals surface area contributed by atoms with Crippen LogP contribution in [0.1, 0.15) is 5.56 Å². The van der Waals surface area contributed by atoms with Gasteiger partial charge in [0.15, 0.2) is 5.82 Å². The summed E-state index contributed by atoms with van der Waals surface area (Å²) >= 11 is 0. The number of hydrogen-bond acceptors (Lipinski definition) is 3. The normalized spacial score (nSPS) is 9.85. The summed E-state index contributed by atoms with van der Waals surface area (Å²) in [4.78, 5) is 13.0. The molecule has 0 aliphatic heterocycles. The van der Waals surface area contributed by atoms with E-state index in [2.05, 4.69) is 21.0 Å². The Morgan fingerprint density at radius 2 is 1.70 bits per heavy atom. The van der Waals surface area contributed by atoms with E-state index >= 15 is 0 Å². The minimum Gasteiger partial charge on any atom is -0.304 e. The molecule has 0 saturated carbocycles. The SMILES string of the molecule is Cc1cnc(-c2ccc(-c3[c-]cccc3)nc2)nc1.[Ir]. The van der Waals surface area contributed by atoms with Gasteiger partial charge in [-0.2, -0.15) is 0 Å². The van der Waals surface area contributed by atoms with Crippen molar-refractivity contribution in [1.29, 1.82) is 0 Å². The Morgan fingerprint density at radius 3 is 2.30 bits per heavy atom. The van der Waals surface area contributed by atoms with E-state index < -0.39 is 0 Å². The number of aromatic nitrogens is 3.